The van der Waals surface area contributed by atoms with E-state index in [1.165, 1.54) is 0 Å². The molecule has 0 saturated carbocycles. The van der Waals surface area contributed by atoms with Crippen LogP contribution in [0.1, 0.15) is 6.42 Å². The van der Waals surface area contributed by atoms with Crippen LogP contribution in [0.4, 0.5) is 0 Å². The maximum Gasteiger partial charge on any atom is 0.175 e. The SMILES string of the molecule is NCCCOc1ccc2[nH]c(=S)[nH]c2c1. The third-order valence-corrected chi connectivity index (χ3v) is 2.31. The molecule has 15 heavy (non-hydrogen) atoms. The van der Waals surface area contributed by atoms with Crippen LogP contribution in [-0.2, 0) is 0 Å². The second kappa shape index (κ2) is 4.46. The number of benzene rings is 1. The molecule has 0 saturated heterocycles. The van der Waals surface area contributed by atoms with Crippen molar-refractivity contribution in [3.63, 3.8) is 0 Å². The van der Waals surface area contributed by atoms with Crippen molar-refractivity contribution in [2.24, 2.45) is 5.73 Å². The maximum atomic E-state index is 5.52. The summed E-state index contributed by atoms with van der Waals surface area (Å²) < 4.78 is 6.14. The molecule has 0 aliphatic heterocycles. The predicted molar refractivity (Wildman–Crippen MR) is 62.6 cm³/mol. The number of ether oxygens (including phenoxy) is 1. The van der Waals surface area contributed by atoms with E-state index >= 15 is 0 Å². The Balaban J connectivity index is 2.19. The van der Waals surface area contributed by atoms with Gasteiger partial charge < -0.3 is 20.4 Å². The number of nitrogens with two attached hydrogens (primary N) is 1. The Labute approximate surface area is 92.4 Å². The van der Waals surface area contributed by atoms with Crippen LogP contribution in [0.3, 0.4) is 0 Å². The van der Waals surface area contributed by atoms with Gasteiger partial charge in [0.15, 0.2) is 4.77 Å². The van der Waals surface area contributed by atoms with Gasteiger partial charge in [0.25, 0.3) is 0 Å². The Morgan fingerprint density at radius 3 is 2.87 bits per heavy atom. The van der Waals surface area contributed by atoms with E-state index in [4.69, 9.17) is 22.7 Å². The van der Waals surface area contributed by atoms with Crippen LogP contribution >= 0.6 is 12.2 Å². The summed E-state index contributed by atoms with van der Waals surface area (Å²) in [6, 6.07) is 5.79. The third-order valence-electron chi connectivity index (χ3n) is 2.10. The molecule has 0 unspecified atom stereocenters. The monoisotopic (exact) mass is 223 g/mol. The number of rotatable bonds is 4. The zero-order chi connectivity index (χ0) is 10.7. The molecule has 0 aliphatic rings. The number of fused-ring (bicyclic) bond motifs is 1. The molecule has 0 spiro atoms. The molecule has 1 aromatic carbocycles. The summed E-state index contributed by atoms with van der Waals surface area (Å²) in [5, 5.41) is 0. The van der Waals surface area contributed by atoms with Crippen molar-refractivity contribution < 1.29 is 4.74 Å². The van der Waals surface area contributed by atoms with Gasteiger partial charge in [-0.05, 0) is 37.3 Å². The van der Waals surface area contributed by atoms with Crippen molar-refractivity contribution in [3.05, 3.63) is 23.0 Å². The summed E-state index contributed by atoms with van der Waals surface area (Å²) in [5.41, 5.74) is 7.34. The Bertz CT molecular complexity index is 503. The van der Waals surface area contributed by atoms with Gasteiger partial charge in [-0.15, -0.1) is 0 Å². The molecule has 0 atom stereocenters. The second-order valence-corrected chi connectivity index (χ2v) is 3.69. The fourth-order valence-electron chi connectivity index (χ4n) is 1.37. The molecule has 2 aromatic rings. The van der Waals surface area contributed by atoms with Gasteiger partial charge in [-0.2, -0.15) is 0 Å². The van der Waals surface area contributed by atoms with Gasteiger partial charge in [0.1, 0.15) is 5.75 Å². The predicted octanol–water partition coefficient (Wildman–Crippen LogP) is 1.95. The van der Waals surface area contributed by atoms with Crippen LogP contribution in [0.2, 0.25) is 0 Å². The molecule has 5 heteroatoms. The summed E-state index contributed by atoms with van der Waals surface area (Å²) in [6.45, 7) is 1.29. The zero-order valence-electron chi connectivity index (χ0n) is 8.25. The highest BCUT2D eigenvalue weighted by molar-refractivity contribution is 7.71. The standard InChI is InChI=1S/C10H13N3OS/c11-4-1-5-14-7-2-3-8-9(6-7)13-10(15)12-8/h2-3,6H,1,4-5,11H2,(H2,12,13,15). The first kappa shape index (κ1) is 10.2. The molecule has 4 nitrogen and oxygen atoms in total. The van der Waals surface area contributed by atoms with E-state index in [1.807, 2.05) is 18.2 Å². The Hall–Kier alpha value is -1.33. The second-order valence-electron chi connectivity index (χ2n) is 3.28. The van der Waals surface area contributed by atoms with Gasteiger partial charge in [0.2, 0.25) is 0 Å². The number of imidazole rings is 1. The first-order valence-corrected chi connectivity index (χ1v) is 5.25. The molecule has 0 fully saturated rings. The van der Waals surface area contributed by atoms with Gasteiger partial charge in [0, 0.05) is 6.07 Å². The quantitative estimate of drug-likeness (QED) is 0.548. The lowest BCUT2D eigenvalue weighted by Crippen LogP contribution is -2.05. The maximum absolute atomic E-state index is 5.52. The average molecular weight is 223 g/mol. The van der Waals surface area contributed by atoms with Crippen molar-refractivity contribution >= 4 is 23.3 Å². The van der Waals surface area contributed by atoms with Gasteiger partial charge in [-0.1, -0.05) is 0 Å². The molecule has 1 heterocycles. The topological polar surface area (TPSA) is 66.8 Å². The molecule has 2 rings (SSSR count). The van der Waals surface area contributed by atoms with E-state index < -0.39 is 0 Å². The number of H-pyrrole nitrogens is 2. The first-order valence-electron chi connectivity index (χ1n) is 4.84. The number of hydrogen-bond donors (Lipinski definition) is 3. The molecule has 0 bridgehead atoms. The number of aromatic amines is 2. The van der Waals surface area contributed by atoms with Gasteiger partial charge >= 0.3 is 0 Å². The minimum atomic E-state index is 0.629. The average Bonchev–Trinajstić information content (AvgIpc) is 2.57. The van der Waals surface area contributed by atoms with Crippen molar-refractivity contribution in [3.8, 4) is 5.75 Å². The van der Waals surface area contributed by atoms with Crippen molar-refractivity contribution in [1.82, 2.24) is 9.97 Å². The van der Waals surface area contributed by atoms with Crippen LogP contribution in [0, 0.1) is 4.77 Å². The minimum absolute atomic E-state index is 0.629. The van der Waals surface area contributed by atoms with Crippen LogP contribution in [-0.4, -0.2) is 23.1 Å². The van der Waals surface area contributed by atoms with E-state index in [1.54, 1.807) is 0 Å². The fourth-order valence-corrected chi connectivity index (χ4v) is 1.59. The molecule has 0 amide bonds. The van der Waals surface area contributed by atoms with Crippen molar-refractivity contribution in [2.75, 3.05) is 13.2 Å². The summed E-state index contributed by atoms with van der Waals surface area (Å²) in [6.07, 6.45) is 0.862. The largest absolute Gasteiger partial charge is 0.493 e. The van der Waals surface area contributed by atoms with E-state index in [-0.39, 0.29) is 0 Å². The lowest BCUT2D eigenvalue weighted by molar-refractivity contribution is 0.314. The lowest BCUT2D eigenvalue weighted by atomic mass is 10.3. The molecular formula is C10H13N3OS. The first-order chi connectivity index (χ1) is 7.29. The van der Waals surface area contributed by atoms with Crippen LogP contribution in [0.15, 0.2) is 18.2 Å². The van der Waals surface area contributed by atoms with E-state index in [2.05, 4.69) is 9.97 Å². The summed E-state index contributed by atoms with van der Waals surface area (Å²) >= 11 is 4.99. The zero-order valence-corrected chi connectivity index (χ0v) is 9.06. The highest BCUT2D eigenvalue weighted by Gasteiger charge is 1.98. The Morgan fingerprint density at radius 1 is 1.27 bits per heavy atom. The number of nitrogens with one attached hydrogen (secondary N) is 2. The third kappa shape index (κ3) is 2.37. The molecular weight excluding hydrogens is 210 g/mol. The molecule has 80 valence electrons. The summed E-state index contributed by atoms with van der Waals surface area (Å²) in [4.78, 5) is 6.08. The van der Waals surface area contributed by atoms with E-state index in [0.717, 1.165) is 23.2 Å². The van der Waals surface area contributed by atoms with Crippen LogP contribution in [0.25, 0.3) is 11.0 Å². The van der Waals surface area contributed by atoms with Crippen molar-refractivity contribution in [2.45, 2.75) is 6.42 Å². The van der Waals surface area contributed by atoms with E-state index in [9.17, 15) is 0 Å². The fraction of sp³-hybridized carbons (Fsp3) is 0.300. The van der Waals surface area contributed by atoms with E-state index in [0.29, 0.717) is 17.9 Å². The molecule has 0 aliphatic carbocycles. The normalized spacial score (nSPS) is 10.7. The smallest absolute Gasteiger partial charge is 0.175 e. The van der Waals surface area contributed by atoms with Crippen LogP contribution in [0.5, 0.6) is 5.75 Å². The Morgan fingerprint density at radius 2 is 2.07 bits per heavy atom. The highest BCUT2D eigenvalue weighted by Crippen LogP contribution is 2.18. The number of hydrogen-bond acceptors (Lipinski definition) is 3. The number of aromatic nitrogens is 2. The summed E-state index contributed by atoms with van der Waals surface area (Å²) in [5.74, 6) is 0.834. The molecule has 0 radical (unpaired) electrons. The van der Waals surface area contributed by atoms with Gasteiger partial charge in [-0.3, -0.25) is 0 Å². The summed E-state index contributed by atoms with van der Waals surface area (Å²) in [7, 11) is 0. The minimum Gasteiger partial charge on any atom is -0.493 e. The Kier molecular flexibility index (Phi) is 3.03. The lowest BCUT2D eigenvalue weighted by Gasteiger charge is -2.04. The van der Waals surface area contributed by atoms with Gasteiger partial charge in [-0.25, -0.2) is 0 Å². The highest BCUT2D eigenvalue weighted by atomic mass is 32.1. The van der Waals surface area contributed by atoms with Gasteiger partial charge in [0.05, 0.1) is 17.6 Å². The van der Waals surface area contributed by atoms with Crippen LogP contribution < -0.4 is 10.5 Å². The molecule has 1 aromatic heterocycles. The molecule has 4 N–H and O–H groups in total. The van der Waals surface area contributed by atoms with Crippen molar-refractivity contribution in [1.29, 1.82) is 0 Å².